The van der Waals surface area contributed by atoms with Gasteiger partial charge in [0.25, 0.3) is 0 Å². The Bertz CT molecular complexity index is 131. The highest BCUT2D eigenvalue weighted by molar-refractivity contribution is 7.57. The van der Waals surface area contributed by atoms with E-state index in [1.807, 2.05) is 0 Å². The Kier molecular flexibility index (Phi) is 23.0. The quantitative estimate of drug-likeness (QED) is 0.329. The zero-order valence-electron chi connectivity index (χ0n) is 15.4. The fourth-order valence-electron chi connectivity index (χ4n) is 2.15. The van der Waals surface area contributed by atoms with Crippen LogP contribution in [0.15, 0.2) is 0 Å². The average molecular weight is 320 g/mol. The Morgan fingerprint density at radius 3 is 0.900 bits per heavy atom. The molecule has 20 heavy (non-hydrogen) atoms. The highest BCUT2D eigenvalue weighted by Crippen LogP contribution is 2.38. The van der Waals surface area contributed by atoms with Crippen LogP contribution in [-0.4, -0.2) is 37.0 Å². The molecule has 124 valence electrons. The standard InChI is InChI=1S/C12H27P.C6H15P/c1-4-7-10-13(11-8-5-2)12-9-6-3;1-4-7(5-2)6-3/h4-12H2,1-3H3;4-6H2,1-3H3. The van der Waals surface area contributed by atoms with Gasteiger partial charge in [-0.25, -0.2) is 0 Å². The van der Waals surface area contributed by atoms with Crippen LogP contribution in [0, 0.1) is 0 Å². The van der Waals surface area contributed by atoms with Crippen molar-refractivity contribution in [2.24, 2.45) is 0 Å². The molecule has 0 radical (unpaired) electrons. The summed E-state index contributed by atoms with van der Waals surface area (Å²) in [5.41, 5.74) is 0. The highest BCUT2D eigenvalue weighted by atomic mass is 31.1. The first kappa shape index (κ1) is 23.1. The maximum Gasteiger partial charge on any atom is -0.0326 e. The second-order valence-corrected chi connectivity index (χ2v) is 11.4. The van der Waals surface area contributed by atoms with Crippen molar-refractivity contribution in [3.05, 3.63) is 0 Å². The lowest BCUT2D eigenvalue weighted by atomic mass is 10.4. The van der Waals surface area contributed by atoms with E-state index >= 15 is 0 Å². The molecule has 0 fully saturated rings. The fourth-order valence-corrected chi connectivity index (χ4v) is 6.45. The van der Waals surface area contributed by atoms with E-state index < -0.39 is 0 Å². The summed E-state index contributed by atoms with van der Waals surface area (Å²) in [5.74, 6) is 0. The van der Waals surface area contributed by atoms with Gasteiger partial charge in [0.05, 0.1) is 0 Å². The summed E-state index contributed by atoms with van der Waals surface area (Å²) in [4.78, 5) is 0. The molecule has 0 saturated heterocycles. The van der Waals surface area contributed by atoms with Gasteiger partial charge in [-0.15, -0.1) is 15.8 Å². The Morgan fingerprint density at radius 2 is 0.750 bits per heavy atom. The molecule has 0 amide bonds. The minimum absolute atomic E-state index is 0.422. The fraction of sp³-hybridized carbons (Fsp3) is 1.00. The second kappa shape index (κ2) is 19.9. The van der Waals surface area contributed by atoms with Gasteiger partial charge in [-0.1, -0.05) is 60.8 Å². The number of hydrogen-bond donors (Lipinski definition) is 0. The molecule has 0 aromatic rings. The molecule has 0 nitrogen and oxygen atoms in total. The zero-order chi connectivity index (χ0) is 15.6. The summed E-state index contributed by atoms with van der Waals surface area (Å²) >= 11 is 0. The van der Waals surface area contributed by atoms with Gasteiger partial charge in [-0.05, 0) is 56.2 Å². The first-order valence-electron chi connectivity index (χ1n) is 9.14. The normalized spacial score (nSPS) is 10.8. The number of rotatable bonds is 12. The molecule has 0 spiro atoms. The lowest BCUT2D eigenvalue weighted by Gasteiger charge is -2.16. The molecule has 0 bridgehead atoms. The van der Waals surface area contributed by atoms with Gasteiger partial charge in [0, 0.05) is 0 Å². The van der Waals surface area contributed by atoms with Crippen molar-refractivity contribution in [1.82, 2.24) is 0 Å². The van der Waals surface area contributed by atoms with Crippen LogP contribution < -0.4 is 0 Å². The third-order valence-electron chi connectivity index (χ3n) is 3.83. The lowest BCUT2D eigenvalue weighted by Crippen LogP contribution is -1.95. The molecule has 0 aliphatic rings. The van der Waals surface area contributed by atoms with Crippen molar-refractivity contribution in [1.29, 1.82) is 0 Å². The highest BCUT2D eigenvalue weighted by Gasteiger charge is 2.05. The first-order valence-corrected chi connectivity index (χ1v) is 12.9. The van der Waals surface area contributed by atoms with Crippen molar-refractivity contribution in [3.8, 4) is 0 Å². The maximum atomic E-state index is 2.31. The van der Waals surface area contributed by atoms with Crippen molar-refractivity contribution in [2.75, 3.05) is 37.0 Å². The molecule has 0 N–H and O–H groups in total. The summed E-state index contributed by atoms with van der Waals surface area (Å²) in [6, 6.07) is 0. The molecule has 0 rings (SSSR count). The minimum Gasteiger partial charge on any atom is -0.108 e. The molecular weight excluding hydrogens is 278 g/mol. The third-order valence-corrected chi connectivity index (χ3v) is 9.35. The van der Waals surface area contributed by atoms with Gasteiger partial charge in [-0.2, -0.15) is 0 Å². The summed E-state index contributed by atoms with van der Waals surface area (Å²) in [6.07, 6.45) is 17.5. The van der Waals surface area contributed by atoms with E-state index in [9.17, 15) is 0 Å². The topological polar surface area (TPSA) is 0 Å². The second-order valence-electron chi connectivity index (χ2n) is 5.52. The molecular formula is C18H42P2. The number of unbranched alkanes of at least 4 members (excludes halogenated alkanes) is 3. The third kappa shape index (κ3) is 16.9. The summed E-state index contributed by atoms with van der Waals surface area (Å²) in [6.45, 7) is 13.8. The molecule has 2 heteroatoms. The van der Waals surface area contributed by atoms with Gasteiger partial charge >= 0.3 is 0 Å². The Balaban J connectivity index is 0. The smallest absolute Gasteiger partial charge is 0.0326 e. The van der Waals surface area contributed by atoms with E-state index in [1.54, 1.807) is 18.5 Å². The lowest BCUT2D eigenvalue weighted by molar-refractivity contribution is 0.847. The van der Waals surface area contributed by atoms with Gasteiger partial charge < -0.3 is 0 Å². The summed E-state index contributed by atoms with van der Waals surface area (Å²) < 4.78 is 0. The molecule has 0 atom stereocenters. The van der Waals surface area contributed by atoms with Crippen LogP contribution in [0.3, 0.4) is 0 Å². The minimum atomic E-state index is 0.422. The Hall–Kier alpha value is 0.860. The van der Waals surface area contributed by atoms with Crippen LogP contribution in [0.4, 0.5) is 0 Å². The Labute approximate surface area is 133 Å². The molecule has 0 saturated carbocycles. The molecule has 0 aliphatic heterocycles. The van der Waals surface area contributed by atoms with Crippen LogP contribution in [-0.2, 0) is 0 Å². The van der Waals surface area contributed by atoms with Gasteiger partial charge in [0.2, 0.25) is 0 Å². The zero-order valence-corrected chi connectivity index (χ0v) is 17.2. The summed E-state index contributed by atoms with van der Waals surface area (Å²) in [7, 11) is 0.868. The van der Waals surface area contributed by atoms with Crippen molar-refractivity contribution in [2.45, 2.75) is 80.1 Å². The molecule has 0 aromatic heterocycles. The van der Waals surface area contributed by atoms with E-state index in [4.69, 9.17) is 0 Å². The maximum absolute atomic E-state index is 2.31. The van der Waals surface area contributed by atoms with E-state index in [0.717, 1.165) is 0 Å². The van der Waals surface area contributed by atoms with E-state index in [1.165, 1.54) is 57.0 Å². The van der Waals surface area contributed by atoms with Crippen molar-refractivity contribution in [3.63, 3.8) is 0 Å². The van der Waals surface area contributed by atoms with E-state index in [0.29, 0.717) is 15.8 Å². The van der Waals surface area contributed by atoms with Crippen LogP contribution in [0.2, 0.25) is 0 Å². The van der Waals surface area contributed by atoms with Gasteiger partial charge in [0.1, 0.15) is 0 Å². The molecule has 0 unspecified atom stereocenters. The Morgan fingerprint density at radius 1 is 0.450 bits per heavy atom. The van der Waals surface area contributed by atoms with Crippen molar-refractivity contribution >= 4 is 15.8 Å². The first-order chi connectivity index (χ1) is 9.69. The molecule has 0 heterocycles. The predicted octanol–water partition coefficient (Wildman–Crippen LogP) is 7.40. The van der Waals surface area contributed by atoms with Crippen LogP contribution in [0.25, 0.3) is 0 Å². The van der Waals surface area contributed by atoms with E-state index in [-0.39, 0.29) is 0 Å². The van der Waals surface area contributed by atoms with Crippen molar-refractivity contribution < 1.29 is 0 Å². The average Bonchev–Trinajstić information content (AvgIpc) is 2.49. The molecule has 0 aliphatic carbocycles. The number of hydrogen-bond acceptors (Lipinski definition) is 0. The largest absolute Gasteiger partial charge is 0.108 e. The van der Waals surface area contributed by atoms with Gasteiger partial charge in [0.15, 0.2) is 0 Å². The monoisotopic (exact) mass is 320 g/mol. The molecule has 0 aromatic carbocycles. The van der Waals surface area contributed by atoms with Crippen LogP contribution in [0.5, 0.6) is 0 Å². The van der Waals surface area contributed by atoms with Crippen LogP contribution in [0.1, 0.15) is 80.1 Å². The SMILES string of the molecule is CCCCP(CCCC)CCCC.CCP(CC)CC. The summed E-state index contributed by atoms with van der Waals surface area (Å²) in [5, 5.41) is 0. The van der Waals surface area contributed by atoms with Gasteiger partial charge in [-0.3, -0.25) is 0 Å². The van der Waals surface area contributed by atoms with E-state index in [2.05, 4.69) is 41.5 Å². The van der Waals surface area contributed by atoms with Crippen LogP contribution >= 0.6 is 15.8 Å². The predicted molar refractivity (Wildman–Crippen MR) is 105 cm³/mol.